The van der Waals surface area contributed by atoms with E-state index in [1.54, 1.807) is 32.2 Å². The van der Waals surface area contributed by atoms with Crippen molar-refractivity contribution in [2.24, 2.45) is 0 Å². The van der Waals surface area contributed by atoms with Crippen molar-refractivity contribution in [1.29, 1.82) is 0 Å². The van der Waals surface area contributed by atoms with Gasteiger partial charge in [-0.3, -0.25) is 0 Å². The molecule has 114 valence electrons. The average Bonchev–Trinajstić information content (AvgIpc) is 2.44. The second-order valence-electron chi connectivity index (χ2n) is 4.76. The summed E-state index contributed by atoms with van der Waals surface area (Å²) in [6.07, 6.45) is 5.42. The van der Waals surface area contributed by atoms with Crippen LogP contribution in [0.4, 0.5) is 0 Å². The van der Waals surface area contributed by atoms with Crippen molar-refractivity contribution >= 4 is 12.0 Å². The first kappa shape index (κ1) is 16.8. The van der Waals surface area contributed by atoms with E-state index in [4.69, 9.17) is 9.47 Å². The fourth-order valence-electron chi connectivity index (χ4n) is 1.81. The molecular formula is C17H22O4. The number of aromatic hydroxyl groups is 1. The topological polar surface area (TPSA) is 55.8 Å². The van der Waals surface area contributed by atoms with Gasteiger partial charge in [0.15, 0.2) is 0 Å². The summed E-state index contributed by atoms with van der Waals surface area (Å²) < 4.78 is 10.1. The van der Waals surface area contributed by atoms with Gasteiger partial charge in [0.05, 0.1) is 13.7 Å². The number of phenolic OH excluding ortho intramolecular Hbond substituents is 1. The fourth-order valence-corrected chi connectivity index (χ4v) is 1.81. The minimum atomic E-state index is -0.432. The van der Waals surface area contributed by atoms with Gasteiger partial charge >= 0.3 is 5.97 Å². The molecule has 0 radical (unpaired) electrons. The van der Waals surface area contributed by atoms with Crippen molar-refractivity contribution in [3.8, 4) is 11.5 Å². The van der Waals surface area contributed by atoms with Crippen molar-refractivity contribution in [3.05, 3.63) is 41.0 Å². The number of phenols is 1. The van der Waals surface area contributed by atoms with E-state index in [0.29, 0.717) is 29.9 Å². The molecule has 4 heteroatoms. The van der Waals surface area contributed by atoms with E-state index in [2.05, 4.69) is 0 Å². The summed E-state index contributed by atoms with van der Waals surface area (Å²) in [5, 5.41) is 10.3. The number of benzene rings is 1. The van der Waals surface area contributed by atoms with Crippen molar-refractivity contribution in [2.45, 2.75) is 27.2 Å². The van der Waals surface area contributed by atoms with E-state index >= 15 is 0 Å². The molecule has 0 aromatic heterocycles. The molecule has 0 aliphatic carbocycles. The number of methoxy groups -OCH3 is 1. The molecule has 1 aromatic carbocycles. The molecule has 0 saturated heterocycles. The van der Waals surface area contributed by atoms with Crippen LogP contribution in [0.3, 0.4) is 0 Å². The van der Waals surface area contributed by atoms with Crippen LogP contribution in [0.5, 0.6) is 11.5 Å². The molecule has 4 nitrogen and oxygen atoms in total. The van der Waals surface area contributed by atoms with Gasteiger partial charge in [-0.25, -0.2) is 4.79 Å². The van der Waals surface area contributed by atoms with Crippen molar-refractivity contribution in [3.63, 3.8) is 0 Å². The fraction of sp³-hybridized carbons (Fsp3) is 0.353. The Balaban J connectivity index is 3.10. The minimum Gasteiger partial charge on any atom is -0.507 e. The van der Waals surface area contributed by atoms with Crippen LogP contribution < -0.4 is 4.74 Å². The van der Waals surface area contributed by atoms with E-state index in [1.165, 1.54) is 6.08 Å². The molecule has 0 aliphatic rings. The molecule has 0 fully saturated rings. The summed E-state index contributed by atoms with van der Waals surface area (Å²) in [6.45, 7) is 6.06. The maximum atomic E-state index is 11.3. The highest BCUT2D eigenvalue weighted by Crippen LogP contribution is 2.33. The molecule has 1 aromatic rings. The summed E-state index contributed by atoms with van der Waals surface area (Å²) in [7, 11) is 1.56. The van der Waals surface area contributed by atoms with Gasteiger partial charge in [0.2, 0.25) is 0 Å². The van der Waals surface area contributed by atoms with Gasteiger partial charge < -0.3 is 14.6 Å². The largest absolute Gasteiger partial charge is 0.507 e. The molecule has 0 amide bonds. The summed E-state index contributed by atoms with van der Waals surface area (Å²) in [4.78, 5) is 11.3. The standard InChI is InChI=1S/C17H22O4/c1-5-21-16(18)11-8-13-7-10-15(20-4)14(17(13)19)9-6-12(2)3/h6-8,10-11,19H,5,9H2,1-4H3. The van der Waals surface area contributed by atoms with Crippen LogP contribution in [0.25, 0.3) is 6.08 Å². The Morgan fingerprint density at radius 2 is 2.05 bits per heavy atom. The van der Waals surface area contributed by atoms with Gasteiger partial charge in [-0.2, -0.15) is 0 Å². The van der Waals surface area contributed by atoms with Crippen LogP contribution >= 0.6 is 0 Å². The summed E-state index contributed by atoms with van der Waals surface area (Å²) in [5.74, 6) is 0.309. The SMILES string of the molecule is CCOC(=O)C=Cc1ccc(OC)c(CC=C(C)C)c1O. The second-order valence-corrected chi connectivity index (χ2v) is 4.76. The van der Waals surface area contributed by atoms with Gasteiger partial charge in [-0.05, 0) is 45.4 Å². The smallest absolute Gasteiger partial charge is 0.330 e. The maximum absolute atomic E-state index is 11.3. The van der Waals surface area contributed by atoms with Crippen molar-refractivity contribution in [1.82, 2.24) is 0 Å². The molecule has 0 atom stereocenters. The van der Waals surface area contributed by atoms with Crippen LogP contribution in [-0.2, 0) is 16.0 Å². The van der Waals surface area contributed by atoms with Crippen LogP contribution in [0, 0.1) is 0 Å². The molecule has 0 heterocycles. The quantitative estimate of drug-likeness (QED) is 0.495. The number of hydrogen-bond acceptors (Lipinski definition) is 4. The Bertz CT molecular complexity index is 552. The summed E-state index contributed by atoms with van der Waals surface area (Å²) in [6, 6.07) is 3.48. The number of carbonyl (C=O) groups excluding carboxylic acids is 1. The lowest BCUT2D eigenvalue weighted by Crippen LogP contribution is -1.99. The second kappa shape index (κ2) is 8.15. The lowest BCUT2D eigenvalue weighted by atomic mass is 10.0. The number of ether oxygens (including phenoxy) is 2. The minimum absolute atomic E-state index is 0.118. The molecule has 21 heavy (non-hydrogen) atoms. The number of carbonyl (C=O) groups is 1. The highest BCUT2D eigenvalue weighted by Gasteiger charge is 2.11. The van der Waals surface area contributed by atoms with Crippen molar-refractivity contribution < 1.29 is 19.4 Å². The zero-order valence-electron chi connectivity index (χ0n) is 13.0. The van der Waals surface area contributed by atoms with Gasteiger partial charge in [0.1, 0.15) is 11.5 Å². The van der Waals surface area contributed by atoms with E-state index in [9.17, 15) is 9.90 Å². The zero-order valence-corrected chi connectivity index (χ0v) is 13.0. The normalized spacial score (nSPS) is 10.5. The molecule has 0 spiro atoms. The molecule has 0 unspecified atom stereocenters. The highest BCUT2D eigenvalue weighted by molar-refractivity contribution is 5.87. The maximum Gasteiger partial charge on any atom is 0.330 e. The first-order valence-corrected chi connectivity index (χ1v) is 6.86. The summed E-state index contributed by atoms with van der Waals surface area (Å²) >= 11 is 0. The third-order valence-corrected chi connectivity index (χ3v) is 2.89. The lowest BCUT2D eigenvalue weighted by Gasteiger charge is -2.11. The number of allylic oxidation sites excluding steroid dienone is 2. The Hall–Kier alpha value is -2.23. The van der Waals surface area contributed by atoms with Crippen LogP contribution in [-0.4, -0.2) is 24.8 Å². The molecule has 1 rings (SSSR count). The Morgan fingerprint density at radius 1 is 1.33 bits per heavy atom. The third-order valence-electron chi connectivity index (χ3n) is 2.89. The van der Waals surface area contributed by atoms with E-state index in [1.807, 2.05) is 19.9 Å². The first-order chi connectivity index (χ1) is 9.99. The van der Waals surface area contributed by atoms with Gasteiger partial charge in [-0.1, -0.05) is 11.6 Å². The van der Waals surface area contributed by atoms with Crippen LogP contribution in [0.2, 0.25) is 0 Å². The monoisotopic (exact) mass is 290 g/mol. The Kier molecular flexibility index (Phi) is 6.53. The van der Waals surface area contributed by atoms with E-state index in [-0.39, 0.29) is 5.75 Å². The van der Waals surface area contributed by atoms with Gasteiger partial charge in [0, 0.05) is 17.2 Å². The number of hydrogen-bond donors (Lipinski definition) is 1. The number of rotatable bonds is 6. The number of esters is 1. The molecule has 0 aliphatic heterocycles. The van der Waals surface area contributed by atoms with Crippen LogP contribution in [0.1, 0.15) is 31.9 Å². The van der Waals surface area contributed by atoms with E-state index < -0.39 is 5.97 Å². The predicted octanol–water partition coefficient (Wildman–Crippen LogP) is 3.49. The molecule has 1 N–H and O–H groups in total. The molecule has 0 bridgehead atoms. The average molecular weight is 290 g/mol. The Morgan fingerprint density at radius 3 is 2.62 bits per heavy atom. The molecule has 0 saturated carbocycles. The highest BCUT2D eigenvalue weighted by atomic mass is 16.5. The van der Waals surface area contributed by atoms with Gasteiger partial charge in [0.25, 0.3) is 0 Å². The Labute approximate surface area is 125 Å². The predicted molar refractivity (Wildman–Crippen MR) is 83.5 cm³/mol. The lowest BCUT2D eigenvalue weighted by molar-refractivity contribution is -0.137. The first-order valence-electron chi connectivity index (χ1n) is 6.86. The summed E-state index contributed by atoms with van der Waals surface area (Å²) in [5.41, 5.74) is 2.41. The van der Waals surface area contributed by atoms with Gasteiger partial charge in [-0.15, -0.1) is 0 Å². The third kappa shape index (κ3) is 4.99. The van der Waals surface area contributed by atoms with Crippen LogP contribution in [0.15, 0.2) is 29.9 Å². The zero-order chi connectivity index (χ0) is 15.8. The van der Waals surface area contributed by atoms with E-state index in [0.717, 1.165) is 5.57 Å². The van der Waals surface area contributed by atoms with Crippen molar-refractivity contribution in [2.75, 3.05) is 13.7 Å². The molecular weight excluding hydrogens is 268 g/mol.